The minimum atomic E-state index is -3.05. The summed E-state index contributed by atoms with van der Waals surface area (Å²) in [5.74, 6) is 0.101. The molecule has 1 atom stereocenters. The summed E-state index contributed by atoms with van der Waals surface area (Å²) in [4.78, 5) is 15.2. The quantitative estimate of drug-likeness (QED) is 0.739. The zero-order valence-electron chi connectivity index (χ0n) is 16.3. The first-order valence-electron chi connectivity index (χ1n) is 10.2. The molecule has 1 saturated heterocycles. The van der Waals surface area contributed by atoms with Gasteiger partial charge < -0.3 is 4.90 Å². The van der Waals surface area contributed by atoms with Crippen LogP contribution < -0.4 is 0 Å². The van der Waals surface area contributed by atoms with E-state index in [1.165, 1.54) is 0 Å². The van der Waals surface area contributed by atoms with Gasteiger partial charge in [0.25, 0.3) is 5.91 Å². The molecule has 1 fully saturated rings. The van der Waals surface area contributed by atoms with Crippen LogP contribution in [-0.4, -0.2) is 53.1 Å². The van der Waals surface area contributed by atoms with Gasteiger partial charge in [-0.2, -0.15) is 5.10 Å². The van der Waals surface area contributed by atoms with Crippen molar-refractivity contribution in [1.29, 1.82) is 0 Å². The minimum Gasteiger partial charge on any atom is -0.333 e. The topological polar surface area (TPSA) is 72.3 Å². The van der Waals surface area contributed by atoms with Crippen molar-refractivity contribution in [3.8, 4) is 5.69 Å². The molecule has 4 rings (SSSR count). The molecule has 1 aromatic carbocycles. The molecule has 0 unspecified atom stereocenters. The highest BCUT2D eigenvalue weighted by Gasteiger charge is 2.36. The van der Waals surface area contributed by atoms with Crippen LogP contribution >= 0.6 is 0 Å². The zero-order valence-corrected chi connectivity index (χ0v) is 17.1. The summed E-state index contributed by atoms with van der Waals surface area (Å²) in [6.45, 7) is 2.40. The van der Waals surface area contributed by atoms with Crippen LogP contribution in [0.5, 0.6) is 0 Å². The van der Waals surface area contributed by atoms with E-state index < -0.39 is 9.84 Å². The second-order valence-electron chi connectivity index (χ2n) is 7.73. The molecule has 2 heterocycles. The average molecular weight is 402 g/mol. The van der Waals surface area contributed by atoms with Crippen molar-refractivity contribution in [2.45, 2.75) is 51.5 Å². The van der Waals surface area contributed by atoms with Crippen molar-refractivity contribution >= 4 is 15.7 Å². The number of aromatic nitrogens is 2. The summed E-state index contributed by atoms with van der Waals surface area (Å²) in [7, 11) is -3.05. The lowest BCUT2D eigenvalue weighted by Gasteiger charge is -2.26. The molecule has 7 heteroatoms. The van der Waals surface area contributed by atoms with E-state index in [9.17, 15) is 13.2 Å². The van der Waals surface area contributed by atoms with E-state index >= 15 is 0 Å². The molecule has 0 saturated carbocycles. The number of fused-ring (bicyclic) bond motifs is 1. The van der Waals surface area contributed by atoms with Crippen LogP contribution in [0.15, 0.2) is 30.3 Å². The highest BCUT2D eigenvalue weighted by molar-refractivity contribution is 7.91. The zero-order chi connectivity index (χ0) is 19.7. The largest absolute Gasteiger partial charge is 0.333 e. The highest BCUT2D eigenvalue weighted by atomic mass is 32.2. The lowest BCUT2D eigenvalue weighted by Crippen LogP contribution is -2.41. The fraction of sp³-hybridized carbons (Fsp3) is 0.524. The van der Waals surface area contributed by atoms with Crippen LogP contribution in [0, 0.1) is 0 Å². The number of hydrogen-bond donors (Lipinski definition) is 0. The minimum absolute atomic E-state index is 0.0637. The van der Waals surface area contributed by atoms with Gasteiger partial charge in [-0.3, -0.25) is 4.79 Å². The molecule has 1 aromatic heterocycles. The van der Waals surface area contributed by atoms with Gasteiger partial charge in [0.1, 0.15) is 0 Å². The van der Waals surface area contributed by atoms with Gasteiger partial charge in [-0.15, -0.1) is 0 Å². The van der Waals surface area contributed by atoms with Crippen molar-refractivity contribution in [3.05, 3.63) is 47.3 Å². The third kappa shape index (κ3) is 3.60. The smallest absolute Gasteiger partial charge is 0.274 e. The van der Waals surface area contributed by atoms with E-state index in [4.69, 9.17) is 5.10 Å². The predicted octanol–water partition coefficient (Wildman–Crippen LogP) is 2.79. The fourth-order valence-corrected chi connectivity index (χ4v) is 6.19. The van der Waals surface area contributed by atoms with Crippen molar-refractivity contribution in [2.75, 3.05) is 18.1 Å². The van der Waals surface area contributed by atoms with Crippen LogP contribution in [0.25, 0.3) is 5.69 Å². The van der Waals surface area contributed by atoms with Gasteiger partial charge in [0.15, 0.2) is 15.5 Å². The molecule has 1 aliphatic carbocycles. The Labute approximate surface area is 166 Å². The van der Waals surface area contributed by atoms with Gasteiger partial charge in [-0.1, -0.05) is 24.6 Å². The number of hydrogen-bond acceptors (Lipinski definition) is 4. The molecule has 6 nitrogen and oxygen atoms in total. The molecule has 2 aliphatic rings. The third-order valence-corrected chi connectivity index (χ3v) is 7.63. The normalized spacial score (nSPS) is 21.1. The van der Waals surface area contributed by atoms with Crippen LogP contribution in [0.4, 0.5) is 0 Å². The van der Waals surface area contributed by atoms with Gasteiger partial charge in [0.05, 0.1) is 17.2 Å². The maximum absolute atomic E-state index is 13.5. The molecule has 1 amide bonds. The Balaban J connectivity index is 1.74. The second kappa shape index (κ2) is 7.70. The van der Waals surface area contributed by atoms with E-state index in [2.05, 4.69) is 0 Å². The number of nitrogens with zero attached hydrogens (tertiary/aromatic N) is 3. The summed E-state index contributed by atoms with van der Waals surface area (Å²) in [6.07, 6.45) is 5.58. The number of rotatable bonds is 4. The standard InChI is InChI=1S/C21H27N3O3S/c1-2-23(17-13-14-28(26,27)15-17)21(25)20-18-11-7-4-8-12-19(18)24(22-20)16-9-5-3-6-10-16/h3,5-6,9-10,17H,2,4,7-8,11-15H2,1H3/t17-/m1/s1. The summed E-state index contributed by atoms with van der Waals surface area (Å²) in [6, 6.07) is 9.69. The Morgan fingerprint density at radius 2 is 1.93 bits per heavy atom. The van der Waals surface area contributed by atoms with E-state index in [0.29, 0.717) is 18.7 Å². The van der Waals surface area contributed by atoms with E-state index in [-0.39, 0.29) is 23.5 Å². The monoisotopic (exact) mass is 401 g/mol. The lowest BCUT2D eigenvalue weighted by molar-refractivity contribution is 0.0700. The fourth-order valence-electron chi connectivity index (χ4n) is 4.46. The molecule has 2 aromatic rings. The molecule has 0 N–H and O–H groups in total. The first-order chi connectivity index (χ1) is 13.5. The van der Waals surface area contributed by atoms with Crippen molar-refractivity contribution in [1.82, 2.24) is 14.7 Å². The maximum Gasteiger partial charge on any atom is 0.274 e. The van der Waals surface area contributed by atoms with Crippen LogP contribution in [0.2, 0.25) is 0 Å². The van der Waals surface area contributed by atoms with E-state index in [1.807, 2.05) is 41.9 Å². The Kier molecular flexibility index (Phi) is 5.27. The SMILES string of the molecule is CCN(C(=O)c1nn(-c2ccccc2)c2c1CCCCC2)[C@@H]1CCS(=O)(=O)C1. The van der Waals surface area contributed by atoms with E-state index in [0.717, 1.165) is 49.0 Å². The Morgan fingerprint density at radius 3 is 2.61 bits per heavy atom. The Morgan fingerprint density at radius 1 is 1.18 bits per heavy atom. The van der Waals surface area contributed by atoms with Gasteiger partial charge >= 0.3 is 0 Å². The highest BCUT2D eigenvalue weighted by Crippen LogP contribution is 2.28. The molecule has 1 aliphatic heterocycles. The van der Waals surface area contributed by atoms with Crippen LogP contribution in [0.3, 0.4) is 0 Å². The van der Waals surface area contributed by atoms with E-state index in [1.54, 1.807) is 4.90 Å². The lowest BCUT2D eigenvalue weighted by atomic mass is 10.1. The van der Waals surface area contributed by atoms with Crippen molar-refractivity contribution in [3.63, 3.8) is 0 Å². The Bertz CT molecular complexity index is 966. The first kappa shape index (κ1) is 19.2. The van der Waals surface area contributed by atoms with Crippen molar-refractivity contribution < 1.29 is 13.2 Å². The second-order valence-corrected chi connectivity index (χ2v) is 9.96. The summed E-state index contributed by atoms with van der Waals surface area (Å²) < 4.78 is 25.8. The van der Waals surface area contributed by atoms with Gasteiger partial charge in [-0.25, -0.2) is 13.1 Å². The van der Waals surface area contributed by atoms with Crippen LogP contribution in [-0.2, 0) is 22.7 Å². The predicted molar refractivity (Wildman–Crippen MR) is 109 cm³/mol. The molecule has 150 valence electrons. The number of carbonyl (C=O) groups excluding carboxylic acids is 1. The molecule has 28 heavy (non-hydrogen) atoms. The summed E-state index contributed by atoms with van der Waals surface area (Å²) in [5, 5.41) is 4.76. The van der Waals surface area contributed by atoms with Crippen LogP contribution in [0.1, 0.15) is 54.4 Å². The molecule has 0 spiro atoms. The third-order valence-electron chi connectivity index (χ3n) is 5.88. The van der Waals surface area contributed by atoms with Gasteiger partial charge in [0, 0.05) is 23.8 Å². The molecule has 0 radical (unpaired) electrons. The number of sulfone groups is 1. The summed E-state index contributed by atoms with van der Waals surface area (Å²) >= 11 is 0. The van der Waals surface area contributed by atoms with Gasteiger partial charge in [0.2, 0.25) is 0 Å². The number of amides is 1. The maximum atomic E-state index is 13.5. The van der Waals surface area contributed by atoms with Crippen molar-refractivity contribution in [2.24, 2.45) is 0 Å². The number of carbonyl (C=O) groups is 1. The molecular weight excluding hydrogens is 374 g/mol. The molecular formula is C21H27N3O3S. The Hall–Kier alpha value is -2.15. The average Bonchev–Trinajstić information content (AvgIpc) is 3.13. The first-order valence-corrected chi connectivity index (χ1v) is 12.0. The molecule has 0 bridgehead atoms. The number of benzene rings is 1. The number of para-hydroxylation sites is 1. The summed E-state index contributed by atoms with van der Waals surface area (Å²) in [5.41, 5.74) is 3.64. The van der Waals surface area contributed by atoms with Gasteiger partial charge in [-0.05, 0) is 51.2 Å².